The Morgan fingerprint density at radius 2 is 2.00 bits per heavy atom. The number of amides is 1. The molecule has 2 rings (SSSR count). The molecule has 128 valence electrons. The Hall–Kier alpha value is -2.63. The second-order valence-corrected chi connectivity index (χ2v) is 5.77. The molecule has 0 radical (unpaired) electrons. The number of hydrogen-bond donors (Lipinski definition) is 1. The van der Waals surface area contributed by atoms with Gasteiger partial charge in [-0.2, -0.15) is 0 Å². The van der Waals surface area contributed by atoms with E-state index >= 15 is 0 Å². The molecule has 6 nitrogen and oxygen atoms in total. The van der Waals surface area contributed by atoms with Gasteiger partial charge in [-0.05, 0) is 45.7 Å². The molecule has 0 aliphatic heterocycles. The van der Waals surface area contributed by atoms with Crippen LogP contribution >= 0.6 is 0 Å². The van der Waals surface area contributed by atoms with Gasteiger partial charge in [-0.3, -0.25) is 4.79 Å². The average molecular weight is 330 g/mol. The van der Waals surface area contributed by atoms with E-state index in [0.717, 1.165) is 11.1 Å². The molecule has 0 unspecified atom stereocenters. The van der Waals surface area contributed by atoms with Crippen LogP contribution in [0.25, 0.3) is 0 Å². The number of ether oxygens (including phenoxy) is 1. The fourth-order valence-corrected chi connectivity index (χ4v) is 2.38. The Kier molecular flexibility index (Phi) is 5.39. The van der Waals surface area contributed by atoms with Crippen LogP contribution in [-0.2, 0) is 16.0 Å². The zero-order chi connectivity index (χ0) is 17.9. The molecule has 0 aliphatic rings. The molecule has 1 heterocycles. The number of anilines is 1. The molecular weight excluding hydrogens is 308 g/mol. The first-order valence-corrected chi connectivity index (χ1v) is 7.87. The number of carbonyl (C=O) groups excluding carboxylic acids is 2. The number of carbonyl (C=O) groups is 2. The van der Waals surface area contributed by atoms with Crippen LogP contribution in [0.4, 0.5) is 5.69 Å². The van der Waals surface area contributed by atoms with Crippen molar-refractivity contribution in [3.05, 3.63) is 46.3 Å². The molecule has 24 heavy (non-hydrogen) atoms. The summed E-state index contributed by atoms with van der Waals surface area (Å²) in [5, 5.41) is 6.59. The molecule has 1 aromatic carbocycles. The number of rotatable bonds is 5. The minimum absolute atomic E-state index is 0.295. The lowest BCUT2D eigenvalue weighted by Crippen LogP contribution is -2.30. The highest BCUT2D eigenvalue weighted by Crippen LogP contribution is 2.18. The highest BCUT2D eigenvalue weighted by Gasteiger charge is 2.25. The maximum Gasteiger partial charge on any atom is 0.344 e. The third-order valence-electron chi connectivity index (χ3n) is 3.77. The van der Waals surface area contributed by atoms with Crippen LogP contribution in [0.15, 0.2) is 22.7 Å². The van der Waals surface area contributed by atoms with Crippen LogP contribution in [0, 0.1) is 20.8 Å². The minimum Gasteiger partial charge on any atom is -0.449 e. The van der Waals surface area contributed by atoms with E-state index in [1.54, 1.807) is 6.92 Å². The smallest absolute Gasteiger partial charge is 0.344 e. The minimum atomic E-state index is -0.933. The third-order valence-corrected chi connectivity index (χ3v) is 3.77. The lowest BCUT2D eigenvalue weighted by molar-refractivity contribution is -0.123. The number of benzene rings is 1. The lowest BCUT2D eigenvalue weighted by Gasteiger charge is -2.15. The van der Waals surface area contributed by atoms with Crippen molar-refractivity contribution in [3.63, 3.8) is 0 Å². The second kappa shape index (κ2) is 7.29. The van der Waals surface area contributed by atoms with Gasteiger partial charge in [0.1, 0.15) is 11.3 Å². The first kappa shape index (κ1) is 17.7. The monoisotopic (exact) mass is 330 g/mol. The van der Waals surface area contributed by atoms with E-state index in [9.17, 15) is 9.59 Å². The summed E-state index contributed by atoms with van der Waals surface area (Å²) in [7, 11) is 0. The van der Waals surface area contributed by atoms with Crippen molar-refractivity contribution in [1.29, 1.82) is 0 Å². The maximum atomic E-state index is 12.3. The Bertz CT molecular complexity index is 764. The quantitative estimate of drug-likeness (QED) is 0.850. The van der Waals surface area contributed by atoms with Crippen LogP contribution in [0.2, 0.25) is 0 Å². The first-order chi connectivity index (χ1) is 11.3. The van der Waals surface area contributed by atoms with Gasteiger partial charge < -0.3 is 14.6 Å². The number of hydrogen-bond acceptors (Lipinski definition) is 5. The van der Waals surface area contributed by atoms with E-state index in [1.807, 2.05) is 39.0 Å². The fourth-order valence-electron chi connectivity index (χ4n) is 2.38. The maximum absolute atomic E-state index is 12.3. The van der Waals surface area contributed by atoms with E-state index in [1.165, 1.54) is 6.92 Å². The van der Waals surface area contributed by atoms with E-state index in [0.29, 0.717) is 29.1 Å². The highest BCUT2D eigenvalue weighted by molar-refractivity contribution is 5.98. The summed E-state index contributed by atoms with van der Waals surface area (Å²) in [5.74, 6) is -0.602. The van der Waals surface area contributed by atoms with Crippen LogP contribution in [-0.4, -0.2) is 23.1 Å². The lowest BCUT2D eigenvalue weighted by atomic mass is 10.1. The fraction of sp³-hybridized carbons (Fsp3) is 0.389. The predicted octanol–water partition coefficient (Wildman–Crippen LogP) is 3.35. The molecule has 0 fully saturated rings. The summed E-state index contributed by atoms with van der Waals surface area (Å²) in [4.78, 5) is 24.5. The van der Waals surface area contributed by atoms with Crippen molar-refractivity contribution in [2.45, 2.75) is 47.1 Å². The third kappa shape index (κ3) is 3.82. The van der Waals surface area contributed by atoms with Crippen molar-refractivity contribution < 1.29 is 18.8 Å². The number of aryl methyl sites for hydroxylation is 4. The van der Waals surface area contributed by atoms with Crippen molar-refractivity contribution in [2.24, 2.45) is 0 Å². The number of aromatic nitrogens is 1. The molecule has 0 saturated heterocycles. The number of nitrogens with zero attached hydrogens (tertiary/aromatic N) is 1. The van der Waals surface area contributed by atoms with Gasteiger partial charge in [-0.15, -0.1) is 0 Å². The predicted molar refractivity (Wildman–Crippen MR) is 90.0 cm³/mol. The second-order valence-electron chi connectivity index (χ2n) is 5.77. The van der Waals surface area contributed by atoms with Gasteiger partial charge in [0.15, 0.2) is 6.10 Å². The number of nitrogens with one attached hydrogen (secondary N) is 1. The summed E-state index contributed by atoms with van der Waals surface area (Å²) >= 11 is 0. The van der Waals surface area contributed by atoms with Gasteiger partial charge in [0.2, 0.25) is 0 Å². The van der Waals surface area contributed by atoms with Crippen molar-refractivity contribution in [3.8, 4) is 0 Å². The van der Waals surface area contributed by atoms with Crippen molar-refractivity contribution >= 4 is 17.6 Å². The molecule has 0 aliphatic carbocycles. The van der Waals surface area contributed by atoms with E-state index in [4.69, 9.17) is 9.26 Å². The zero-order valence-corrected chi connectivity index (χ0v) is 14.6. The number of esters is 1. The molecule has 1 aromatic heterocycles. The van der Waals surface area contributed by atoms with Crippen LogP contribution in [0.1, 0.15) is 46.8 Å². The molecule has 1 N–H and O–H groups in total. The Balaban J connectivity index is 2.06. The average Bonchev–Trinajstić information content (AvgIpc) is 2.90. The Morgan fingerprint density at radius 1 is 1.29 bits per heavy atom. The SMILES string of the molecule is CCc1noc(C)c1C(=O)O[C@@H](C)C(=O)Nc1ccc(C)cc1C. The molecule has 0 saturated carbocycles. The normalized spacial score (nSPS) is 11.9. The van der Waals surface area contributed by atoms with Gasteiger partial charge in [-0.1, -0.05) is 29.8 Å². The molecule has 0 bridgehead atoms. The van der Waals surface area contributed by atoms with Gasteiger partial charge in [0, 0.05) is 5.69 Å². The van der Waals surface area contributed by atoms with Crippen molar-refractivity contribution in [1.82, 2.24) is 5.16 Å². The Labute approximate surface area is 141 Å². The van der Waals surface area contributed by atoms with Crippen LogP contribution in [0.3, 0.4) is 0 Å². The zero-order valence-electron chi connectivity index (χ0n) is 14.6. The van der Waals surface area contributed by atoms with E-state index in [-0.39, 0.29) is 5.91 Å². The summed E-state index contributed by atoms with van der Waals surface area (Å²) in [6.45, 7) is 8.93. The van der Waals surface area contributed by atoms with Gasteiger partial charge in [-0.25, -0.2) is 4.79 Å². The summed E-state index contributed by atoms with van der Waals surface area (Å²) < 4.78 is 10.3. The van der Waals surface area contributed by atoms with Crippen molar-refractivity contribution in [2.75, 3.05) is 5.32 Å². The first-order valence-electron chi connectivity index (χ1n) is 7.87. The largest absolute Gasteiger partial charge is 0.449 e. The van der Waals surface area contributed by atoms with Gasteiger partial charge >= 0.3 is 5.97 Å². The standard InChI is InChI=1S/C18H22N2O4/c1-6-14-16(12(4)24-20-14)18(22)23-13(5)17(21)19-15-8-7-10(2)9-11(15)3/h7-9,13H,6H2,1-5H3,(H,19,21)/t13-/m0/s1. The van der Waals surface area contributed by atoms with E-state index < -0.39 is 12.1 Å². The topological polar surface area (TPSA) is 81.4 Å². The van der Waals surface area contributed by atoms with Crippen LogP contribution in [0.5, 0.6) is 0 Å². The molecule has 1 atom stereocenters. The summed E-state index contributed by atoms with van der Waals surface area (Å²) in [5.41, 5.74) is 3.58. The van der Waals surface area contributed by atoms with Gasteiger partial charge in [0.05, 0.1) is 5.69 Å². The van der Waals surface area contributed by atoms with Gasteiger partial charge in [0.25, 0.3) is 5.91 Å². The molecule has 0 spiro atoms. The highest BCUT2D eigenvalue weighted by atomic mass is 16.5. The summed E-state index contributed by atoms with van der Waals surface area (Å²) in [6, 6.07) is 5.71. The molecular formula is C18H22N2O4. The van der Waals surface area contributed by atoms with Crippen LogP contribution < -0.4 is 5.32 Å². The molecule has 1 amide bonds. The Morgan fingerprint density at radius 3 is 2.62 bits per heavy atom. The van der Waals surface area contributed by atoms with E-state index in [2.05, 4.69) is 10.5 Å². The summed E-state index contributed by atoms with van der Waals surface area (Å²) in [6.07, 6.45) is -0.387. The molecule has 6 heteroatoms. The molecule has 2 aromatic rings.